The third-order valence-corrected chi connectivity index (χ3v) is 8.95. The molecule has 158 valence electrons. The van der Waals surface area contributed by atoms with Crippen molar-refractivity contribution >= 4 is 7.82 Å². The molecule has 0 aliphatic heterocycles. The molecule has 0 atom stereocenters. The first kappa shape index (κ1) is 29.7. The quantitative estimate of drug-likeness (QED) is 0.130. The Bertz CT molecular complexity index is 271. The fourth-order valence-corrected chi connectivity index (χ4v) is 6.90. The van der Waals surface area contributed by atoms with Gasteiger partial charge in [-0.1, -0.05) is 0 Å². The first-order valence-electron chi connectivity index (χ1n) is 10.9. The van der Waals surface area contributed by atoms with Crippen molar-refractivity contribution in [2.45, 2.75) is 121 Å². The standard InChI is InChI=1S/2C10H21.Nd.H3O4P/c2*1-3-5-7-9-10-8-6-4-2;;1-5(2,3)4/h2*1,3-10H2,2H3;;(H3,1,2,3,4). The van der Waals surface area contributed by atoms with Crippen molar-refractivity contribution in [3.8, 4) is 0 Å². The molecule has 0 spiro atoms. The average Bonchev–Trinajstić information content (AvgIpc) is 2.56. The summed E-state index contributed by atoms with van der Waals surface area (Å²) in [7, 11) is -4.64. The van der Waals surface area contributed by atoms with Crippen LogP contribution in [0, 0.1) is 36.7 Å². The molecule has 0 amide bonds. The van der Waals surface area contributed by atoms with Crippen LogP contribution in [-0.2, 0) is 4.57 Å². The van der Waals surface area contributed by atoms with E-state index in [9.17, 15) is 0 Å². The summed E-state index contributed by atoms with van der Waals surface area (Å²) in [6.07, 6.45) is 23.9. The van der Waals surface area contributed by atoms with Crippen molar-refractivity contribution in [2.24, 2.45) is 0 Å². The van der Waals surface area contributed by atoms with Gasteiger partial charge in [0.25, 0.3) is 0 Å². The van der Waals surface area contributed by atoms with Gasteiger partial charge in [0.15, 0.2) is 0 Å². The molecule has 0 unspecified atom stereocenters. The predicted octanol–water partition coefficient (Wildman–Crippen LogP) is 7.26. The van der Waals surface area contributed by atoms with Crippen LogP contribution in [0.2, 0.25) is 4.14 Å². The van der Waals surface area contributed by atoms with Crippen LogP contribution in [0.25, 0.3) is 0 Å². The molecule has 0 rings (SSSR count). The van der Waals surface area contributed by atoms with E-state index in [4.69, 9.17) is 19.2 Å². The molecule has 3 N–H and O–H groups in total. The second-order valence-electron chi connectivity index (χ2n) is 7.21. The maximum atomic E-state index is 8.88. The number of unbranched alkanes of at least 4 members (excludes halogenated alkanes) is 14. The maximum Gasteiger partial charge on any atom is 0.466 e. The molecule has 0 bridgehead atoms. The van der Waals surface area contributed by atoms with E-state index in [0.29, 0.717) is 0 Å². The van der Waals surface area contributed by atoms with E-state index in [0.717, 1.165) is 0 Å². The Morgan fingerprint density at radius 3 is 1.04 bits per heavy atom. The fourth-order valence-electron chi connectivity index (χ4n) is 2.89. The van der Waals surface area contributed by atoms with E-state index in [1.807, 2.05) is 0 Å². The Labute approximate surface area is 183 Å². The van der Waals surface area contributed by atoms with Gasteiger partial charge in [-0.05, 0) is 0 Å². The Morgan fingerprint density at radius 1 is 0.538 bits per heavy atom. The number of rotatable bonds is 18. The molecule has 26 heavy (non-hydrogen) atoms. The van der Waals surface area contributed by atoms with E-state index in [1.165, 1.54) is 89.9 Å². The largest absolute Gasteiger partial charge is 0.466 e. The van der Waals surface area contributed by atoms with Gasteiger partial charge in [-0.3, -0.25) is 0 Å². The summed E-state index contributed by atoms with van der Waals surface area (Å²) in [5, 5.41) is 0. The van der Waals surface area contributed by atoms with Crippen molar-refractivity contribution in [3.05, 3.63) is 0 Å². The summed E-state index contributed by atoms with van der Waals surface area (Å²) < 4.78 is 12.3. The van der Waals surface area contributed by atoms with Crippen LogP contribution in [0.3, 0.4) is 0 Å². The second kappa shape index (κ2) is 24.5. The van der Waals surface area contributed by atoms with Crippen LogP contribution in [0.15, 0.2) is 0 Å². The topological polar surface area (TPSA) is 77.8 Å². The zero-order valence-corrected chi connectivity index (χ0v) is 21.5. The molecule has 0 saturated carbocycles. The number of hydrogen-bond donors (Lipinski definition) is 3. The Morgan fingerprint density at radius 2 is 0.769 bits per heavy atom. The van der Waals surface area contributed by atoms with E-state index in [-0.39, 0.29) is 36.7 Å². The second-order valence-corrected chi connectivity index (χ2v) is 13.1. The summed E-state index contributed by atoms with van der Waals surface area (Å²) >= 11 is -0.154. The van der Waals surface area contributed by atoms with Gasteiger partial charge in [0, 0.05) is 0 Å². The summed E-state index contributed by atoms with van der Waals surface area (Å²) in [6, 6.07) is 0. The fraction of sp³-hybridized carbons (Fsp3) is 1.00. The number of hydrogen-bond acceptors (Lipinski definition) is 1. The van der Waals surface area contributed by atoms with Gasteiger partial charge >= 0.3 is 165 Å². The normalized spacial score (nSPS) is 11.1. The molecule has 0 fully saturated rings. The third kappa shape index (κ3) is 40.2. The first-order chi connectivity index (χ1) is 12.4. The summed E-state index contributed by atoms with van der Waals surface area (Å²) in [5.41, 5.74) is 0. The van der Waals surface area contributed by atoms with Gasteiger partial charge in [0.05, 0.1) is 0 Å². The van der Waals surface area contributed by atoms with Gasteiger partial charge < -0.3 is 14.7 Å². The van der Waals surface area contributed by atoms with E-state index in [2.05, 4.69) is 13.8 Å². The Kier molecular flexibility index (Phi) is 27.9. The van der Waals surface area contributed by atoms with Crippen LogP contribution in [-0.4, -0.2) is 14.7 Å². The molecule has 0 heterocycles. The average molecular weight is 525 g/mol. The molecule has 0 saturated heterocycles. The molecule has 4 nitrogen and oxygen atoms in total. The van der Waals surface area contributed by atoms with Crippen LogP contribution < -0.4 is 0 Å². The van der Waals surface area contributed by atoms with Gasteiger partial charge in [-0.2, -0.15) is 0 Å². The molecule has 0 aromatic carbocycles. The predicted molar refractivity (Wildman–Crippen MR) is 109 cm³/mol. The van der Waals surface area contributed by atoms with Crippen molar-refractivity contribution in [1.29, 1.82) is 0 Å². The van der Waals surface area contributed by atoms with Crippen molar-refractivity contribution in [1.82, 2.24) is 0 Å². The van der Waals surface area contributed by atoms with E-state index in [1.54, 1.807) is 17.0 Å². The van der Waals surface area contributed by atoms with Gasteiger partial charge in [-0.15, -0.1) is 0 Å². The molecule has 0 aliphatic carbocycles. The minimum Gasteiger partial charge on any atom is -0.303 e. The first-order valence-corrected chi connectivity index (χ1v) is 17.0. The molecule has 0 aliphatic rings. The van der Waals surface area contributed by atoms with Gasteiger partial charge in [0.1, 0.15) is 0 Å². The van der Waals surface area contributed by atoms with Crippen molar-refractivity contribution in [2.75, 3.05) is 0 Å². The van der Waals surface area contributed by atoms with Crippen molar-refractivity contribution < 1.29 is 56.0 Å². The minimum atomic E-state index is -4.64. The Balaban J connectivity index is 0. The summed E-state index contributed by atoms with van der Waals surface area (Å²) in [5.74, 6) is 0. The zero-order valence-electron chi connectivity index (χ0n) is 17.4. The third-order valence-electron chi connectivity index (χ3n) is 4.41. The van der Waals surface area contributed by atoms with Crippen LogP contribution >= 0.6 is 7.82 Å². The monoisotopic (exact) mass is 522 g/mol. The molecule has 0 radical (unpaired) electrons. The van der Waals surface area contributed by atoms with Crippen molar-refractivity contribution in [3.63, 3.8) is 0 Å². The minimum absolute atomic E-state index is 0.154. The maximum absolute atomic E-state index is 8.88. The Hall–Kier alpha value is 1.46. The molecule has 6 heteroatoms. The zero-order chi connectivity index (χ0) is 19.9. The smallest absolute Gasteiger partial charge is 0.303 e. The van der Waals surface area contributed by atoms with Crippen LogP contribution in [0.5, 0.6) is 0 Å². The molecule has 0 aromatic rings. The molecular formula is C20H45NdO4P. The van der Waals surface area contributed by atoms with Crippen LogP contribution in [0.4, 0.5) is 0 Å². The summed E-state index contributed by atoms with van der Waals surface area (Å²) in [4.78, 5) is 21.6. The van der Waals surface area contributed by atoms with Crippen LogP contribution in [0.1, 0.15) is 117 Å². The molecular weight excluding hydrogens is 479 g/mol. The van der Waals surface area contributed by atoms with Gasteiger partial charge in [-0.25, -0.2) is 4.57 Å². The molecule has 0 aromatic heterocycles. The SMILES string of the molecule is CCCCCCCCC[CH2][Nd][CH2]CCCCCCCCC.O=P(O)(O)O. The van der Waals surface area contributed by atoms with E-state index >= 15 is 0 Å². The summed E-state index contributed by atoms with van der Waals surface area (Å²) in [6.45, 7) is 4.61. The van der Waals surface area contributed by atoms with Gasteiger partial charge in [0.2, 0.25) is 0 Å². The number of phosphoric acid groups is 1. The van der Waals surface area contributed by atoms with E-state index < -0.39 is 7.82 Å².